The molecule has 20 heavy (non-hydrogen) atoms. The van der Waals surface area contributed by atoms with E-state index in [4.69, 9.17) is 0 Å². The van der Waals surface area contributed by atoms with Gasteiger partial charge in [0.05, 0.1) is 11.4 Å². The Hall–Kier alpha value is -1.90. The highest BCUT2D eigenvalue weighted by molar-refractivity contribution is 5.45. The van der Waals surface area contributed by atoms with Crippen molar-refractivity contribution >= 4 is 5.69 Å². The van der Waals surface area contributed by atoms with E-state index in [1.807, 2.05) is 24.5 Å². The van der Waals surface area contributed by atoms with E-state index in [0.29, 0.717) is 5.92 Å². The number of aromatic nitrogens is 2. The molecule has 2 aromatic rings. The van der Waals surface area contributed by atoms with Crippen LogP contribution in [0.3, 0.4) is 0 Å². The van der Waals surface area contributed by atoms with Crippen LogP contribution >= 0.6 is 0 Å². The first kappa shape index (κ1) is 13.1. The lowest BCUT2D eigenvalue weighted by atomic mass is 9.84. The molecule has 104 valence electrons. The van der Waals surface area contributed by atoms with Gasteiger partial charge in [0.25, 0.3) is 0 Å². The molecule has 2 heterocycles. The van der Waals surface area contributed by atoms with Crippen molar-refractivity contribution in [2.24, 2.45) is 0 Å². The van der Waals surface area contributed by atoms with Gasteiger partial charge in [0.1, 0.15) is 0 Å². The first-order valence-electron chi connectivity index (χ1n) is 7.52. The molecule has 2 aromatic heterocycles. The number of anilines is 1. The zero-order valence-corrected chi connectivity index (χ0v) is 12.0. The normalized spacial score (nSPS) is 17.6. The van der Waals surface area contributed by atoms with Crippen LogP contribution in [0.25, 0.3) is 0 Å². The van der Waals surface area contributed by atoms with Gasteiger partial charge in [-0.05, 0) is 49.4 Å². The second-order valence-corrected chi connectivity index (χ2v) is 5.39. The van der Waals surface area contributed by atoms with E-state index in [0.717, 1.165) is 31.5 Å². The van der Waals surface area contributed by atoms with Crippen molar-refractivity contribution in [3.8, 4) is 0 Å². The van der Waals surface area contributed by atoms with Crippen LogP contribution in [0.15, 0.2) is 36.7 Å². The minimum atomic E-state index is 0.350. The van der Waals surface area contributed by atoms with Crippen molar-refractivity contribution in [3.63, 3.8) is 0 Å². The second-order valence-electron chi connectivity index (χ2n) is 5.39. The molecular weight excluding hydrogens is 246 g/mol. The lowest BCUT2D eigenvalue weighted by Crippen LogP contribution is -2.14. The van der Waals surface area contributed by atoms with Crippen LogP contribution in [0.4, 0.5) is 5.69 Å². The summed E-state index contributed by atoms with van der Waals surface area (Å²) in [6.45, 7) is 3.18. The van der Waals surface area contributed by atoms with Crippen LogP contribution in [-0.4, -0.2) is 16.5 Å². The molecule has 0 amide bonds. The van der Waals surface area contributed by atoms with Gasteiger partial charge in [0.2, 0.25) is 0 Å². The molecule has 1 aliphatic carbocycles. The van der Waals surface area contributed by atoms with Crippen LogP contribution in [-0.2, 0) is 6.42 Å². The first-order valence-corrected chi connectivity index (χ1v) is 7.52. The fourth-order valence-corrected chi connectivity index (χ4v) is 2.92. The number of aryl methyl sites for hydroxylation is 1. The molecule has 1 aliphatic rings. The van der Waals surface area contributed by atoms with E-state index in [1.54, 1.807) is 0 Å². The van der Waals surface area contributed by atoms with E-state index in [1.165, 1.54) is 23.4 Å². The van der Waals surface area contributed by atoms with Crippen molar-refractivity contribution in [1.82, 2.24) is 9.97 Å². The Morgan fingerprint density at radius 1 is 1.25 bits per heavy atom. The standard InChI is InChI=1S/C17H21N3/c1-2-9-18-14-8-11-19-16(12-14)15-7-3-5-13-6-4-10-20-17(13)15/h4,6,8,10-12,15H,2-3,5,7,9H2,1H3,(H,18,19). The van der Waals surface area contributed by atoms with Crippen LogP contribution in [0.1, 0.15) is 49.1 Å². The fourth-order valence-electron chi connectivity index (χ4n) is 2.92. The molecule has 1 unspecified atom stereocenters. The lowest BCUT2D eigenvalue weighted by Gasteiger charge is -2.24. The van der Waals surface area contributed by atoms with Crippen LogP contribution in [0.2, 0.25) is 0 Å². The number of rotatable bonds is 4. The number of nitrogens with one attached hydrogen (secondary N) is 1. The summed E-state index contributed by atoms with van der Waals surface area (Å²) in [5.41, 5.74) is 4.92. The molecule has 0 aliphatic heterocycles. The highest BCUT2D eigenvalue weighted by Crippen LogP contribution is 2.34. The molecule has 0 saturated heterocycles. The fraction of sp³-hybridized carbons (Fsp3) is 0.412. The maximum Gasteiger partial charge on any atom is 0.0526 e. The van der Waals surface area contributed by atoms with Gasteiger partial charge in [-0.25, -0.2) is 0 Å². The molecule has 0 spiro atoms. The van der Waals surface area contributed by atoms with Gasteiger partial charge >= 0.3 is 0 Å². The topological polar surface area (TPSA) is 37.8 Å². The molecular formula is C17H21N3. The van der Waals surface area contributed by atoms with Gasteiger partial charge in [0, 0.05) is 30.5 Å². The highest BCUT2D eigenvalue weighted by atomic mass is 14.9. The van der Waals surface area contributed by atoms with Gasteiger partial charge < -0.3 is 5.32 Å². The highest BCUT2D eigenvalue weighted by Gasteiger charge is 2.23. The summed E-state index contributed by atoms with van der Waals surface area (Å²) in [6.07, 6.45) is 8.45. The maximum atomic E-state index is 4.61. The van der Waals surface area contributed by atoms with Crippen molar-refractivity contribution in [2.75, 3.05) is 11.9 Å². The molecule has 0 saturated carbocycles. The zero-order valence-electron chi connectivity index (χ0n) is 12.0. The second kappa shape index (κ2) is 6.04. The number of hydrogen-bond acceptors (Lipinski definition) is 3. The Morgan fingerprint density at radius 3 is 3.10 bits per heavy atom. The van der Waals surface area contributed by atoms with E-state index in [-0.39, 0.29) is 0 Å². The number of hydrogen-bond donors (Lipinski definition) is 1. The summed E-state index contributed by atoms with van der Waals surface area (Å²) < 4.78 is 0. The molecule has 1 atom stereocenters. The summed E-state index contributed by atoms with van der Waals surface area (Å²) in [5, 5.41) is 3.44. The molecule has 3 rings (SSSR count). The Labute approximate surface area is 120 Å². The Morgan fingerprint density at radius 2 is 2.20 bits per heavy atom. The lowest BCUT2D eigenvalue weighted by molar-refractivity contribution is 0.588. The largest absolute Gasteiger partial charge is 0.385 e. The number of pyridine rings is 2. The molecule has 0 aromatic carbocycles. The Balaban J connectivity index is 1.90. The van der Waals surface area contributed by atoms with E-state index < -0.39 is 0 Å². The quantitative estimate of drug-likeness (QED) is 0.916. The predicted octanol–water partition coefficient (Wildman–Crippen LogP) is 3.77. The maximum absolute atomic E-state index is 4.61. The van der Waals surface area contributed by atoms with Crippen molar-refractivity contribution in [3.05, 3.63) is 53.6 Å². The van der Waals surface area contributed by atoms with Gasteiger partial charge in [0.15, 0.2) is 0 Å². The van der Waals surface area contributed by atoms with E-state index in [2.05, 4.69) is 34.3 Å². The predicted molar refractivity (Wildman–Crippen MR) is 82.0 cm³/mol. The van der Waals surface area contributed by atoms with Crippen molar-refractivity contribution in [1.29, 1.82) is 0 Å². The smallest absolute Gasteiger partial charge is 0.0526 e. The molecule has 3 nitrogen and oxygen atoms in total. The molecule has 0 radical (unpaired) electrons. The minimum absolute atomic E-state index is 0.350. The van der Waals surface area contributed by atoms with E-state index in [9.17, 15) is 0 Å². The number of nitrogens with zero attached hydrogens (tertiary/aromatic N) is 2. The minimum Gasteiger partial charge on any atom is -0.385 e. The third-order valence-electron chi connectivity index (χ3n) is 3.91. The summed E-state index contributed by atoms with van der Waals surface area (Å²) in [4.78, 5) is 9.20. The van der Waals surface area contributed by atoms with Gasteiger partial charge in [-0.1, -0.05) is 13.0 Å². The number of fused-ring (bicyclic) bond motifs is 1. The van der Waals surface area contributed by atoms with Crippen molar-refractivity contribution in [2.45, 2.75) is 38.5 Å². The average Bonchev–Trinajstić information content (AvgIpc) is 2.52. The molecule has 0 fully saturated rings. The van der Waals surface area contributed by atoms with E-state index >= 15 is 0 Å². The average molecular weight is 267 g/mol. The summed E-state index contributed by atoms with van der Waals surface area (Å²) in [5.74, 6) is 0.350. The van der Waals surface area contributed by atoms with Crippen LogP contribution < -0.4 is 5.32 Å². The van der Waals surface area contributed by atoms with Crippen molar-refractivity contribution < 1.29 is 0 Å². The monoisotopic (exact) mass is 267 g/mol. The van der Waals surface area contributed by atoms with Gasteiger partial charge in [-0.2, -0.15) is 0 Å². The third kappa shape index (κ3) is 2.67. The van der Waals surface area contributed by atoms with Gasteiger partial charge in [-0.3, -0.25) is 9.97 Å². The SMILES string of the molecule is CCCNc1ccnc(C2CCCc3cccnc32)c1. The van der Waals surface area contributed by atoms with Gasteiger partial charge in [-0.15, -0.1) is 0 Å². The Kier molecular flexibility index (Phi) is 3.95. The third-order valence-corrected chi connectivity index (χ3v) is 3.91. The summed E-state index contributed by atoms with van der Waals surface area (Å²) in [7, 11) is 0. The first-order chi connectivity index (χ1) is 9.88. The molecule has 1 N–H and O–H groups in total. The van der Waals surface area contributed by atoms with Crippen LogP contribution in [0.5, 0.6) is 0 Å². The summed E-state index contributed by atoms with van der Waals surface area (Å²) >= 11 is 0. The molecule has 0 bridgehead atoms. The Bertz CT molecular complexity index is 580. The summed E-state index contributed by atoms with van der Waals surface area (Å²) in [6, 6.07) is 8.47. The van der Waals surface area contributed by atoms with Crippen LogP contribution in [0, 0.1) is 0 Å². The molecule has 3 heteroatoms. The zero-order chi connectivity index (χ0) is 13.8.